The van der Waals surface area contributed by atoms with E-state index in [1.54, 1.807) is 12.4 Å². The maximum Gasteiger partial charge on any atom is 0.321 e. The first-order chi connectivity index (χ1) is 14.3. The van der Waals surface area contributed by atoms with E-state index in [1.165, 1.54) is 14.7 Å². The number of rotatable bonds is 4. The summed E-state index contributed by atoms with van der Waals surface area (Å²) in [6.45, 7) is 7.90. The second-order valence-corrected chi connectivity index (χ2v) is 7.46. The fraction of sp³-hybridized carbons (Fsp3) is 0.217. The van der Waals surface area contributed by atoms with E-state index in [9.17, 15) is 9.59 Å². The van der Waals surface area contributed by atoms with Crippen LogP contribution in [0.5, 0.6) is 0 Å². The van der Waals surface area contributed by atoms with Gasteiger partial charge in [0.1, 0.15) is 6.54 Å². The van der Waals surface area contributed by atoms with Crippen molar-refractivity contribution in [3.05, 3.63) is 97.6 Å². The Hall–Kier alpha value is -3.74. The van der Waals surface area contributed by atoms with E-state index in [4.69, 9.17) is 4.52 Å². The third kappa shape index (κ3) is 3.50. The van der Waals surface area contributed by atoms with E-state index < -0.39 is 11.1 Å². The van der Waals surface area contributed by atoms with Gasteiger partial charge in [0.05, 0.1) is 5.69 Å². The van der Waals surface area contributed by atoms with Gasteiger partial charge < -0.3 is 4.52 Å². The van der Waals surface area contributed by atoms with Gasteiger partial charge in [-0.05, 0) is 56.0 Å². The van der Waals surface area contributed by atoms with Crippen LogP contribution in [-0.2, 0) is 6.54 Å². The molecular formula is C23H22N4O3. The highest BCUT2D eigenvalue weighted by atomic mass is 16.5. The normalized spacial score (nSPS) is 11.1. The molecule has 2 aromatic heterocycles. The Kier molecular flexibility index (Phi) is 4.95. The fourth-order valence-electron chi connectivity index (χ4n) is 3.46. The quantitative estimate of drug-likeness (QED) is 0.489. The summed E-state index contributed by atoms with van der Waals surface area (Å²) in [4.78, 5) is 29.8. The molecule has 0 radical (unpaired) electrons. The van der Waals surface area contributed by atoms with Crippen molar-refractivity contribution in [2.24, 2.45) is 0 Å². The van der Waals surface area contributed by atoms with Gasteiger partial charge in [-0.25, -0.2) is 0 Å². The first-order valence-corrected chi connectivity index (χ1v) is 9.64. The summed E-state index contributed by atoms with van der Waals surface area (Å²) in [6, 6.07) is 11.7. The van der Waals surface area contributed by atoms with Crippen LogP contribution in [0.1, 0.15) is 28.1 Å². The van der Waals surface area contributed by atoms with Crippen molar-refractivity contribution in [1.82, 2.24) is 19.3 Å². The summed E-state index contributed by atoms with van der Waals surface area (Å²) in [5.41, 5.74) is 4.44. The zero-order chi connectivity index (χ0) is 21.4. The number of aromatic nitrogens is 4. The maximum atomic E-state index is 12.7. The minimum Gasteiger partial charge on any atom is -0.337 e. The Balaban J connectivity index is 1.66. The smallest absolute Gasteiger partial charge is 0.321 e. The first kappa shape index (κ1) is 19.6. The highest BCUT2D eigenvalue weighted by Gasteiger charge is 2.14. The number of para-hydroxylation sites is 1. The van der Waals surface area contributed by atoms with Crippen LogP contribution in [-0.4, -0.2) is 19.3 Å². The summed E-state index contributed by atoms with van der Waals surface area (Å²) >= 11 is 0. The predicted molar refractivity (Wildman–Crippen MR) is 114 cm³/mol. The number of nitrogens with zero attached hydrogens (tertiary/aromatic N) is 4. The number of benzene rings is 2. The molecule has 0 unspecified atom stereocenters. The number of hydrogen-bond acceptors (Lipinski definition) is 5. The molecular weight excluding hydrogens is 380 g/mol. The largest absolute Gasteiger partial charge is 0.337 e. The molecule has 4 rings (SSSR count). The Morgan fingerprint density at radius 1 is 0.867 bits per heavy atom. The molecule has 0 saturated heterocycles. The second-order valence-electron chi connectivity index (χ2n) is 7.46. The van der Waals surface area contributed by atoms with Crippen LogP contribution < -0.4 is 11.1 Å². The lowest BCUT2D eigenvalue weighted by Crippen LogP contribution is -2.40. The summed E-state index contributed by atoms with van der Waals surface area (Å²) in [5, 5.41) is 4.01. The van der Waals surface area contributed by atoms with Gasteiger partial charge in [-0.1, -0.05) is 35.5 Å². The van der Waals surface area contributed by atoms with Crippen LogP contribution in [0.25, 0.3) is 17.1 Å². The lowest BCUT2D eigenvalue weighted by molar-refractivity contribution is 0.369. The van der Waals surface area contributed by atoms with Gasteiger partial charge >= 0.3 is 11.1 Å². The Morgan fingerprint density at radius 3 is 2.30 bits per heavy atom. The Morgan fingerprint density at radius 2 is 1.60 bits per heavy atom. The van der Waals surface area contributed by atoms with Crippen molar-refractivity contribution >= 4 is 0 Å². The van der Waals surface area contributed by atoms with Gasteiger partial charge in [0.25, 0.3) is 0 Å². The van der Waals surface area contributed by atoms with Gasteiger partial charge in [-0.3, -0.25) is 18.7 Å². The van der Waals surface area contributed by atoms with E-state index in [2.05, 4.69) is 10.1 Å². The van der Waals surface area contributed by atoms with Crippen molar-refractivity contribution in [1.29, 1.82) is 0 Å². The molecule has 0 bridgehead atoms. The molecule has 0 fully saturated rings. The van der Waals surface area contributed by atoms with Crippen molar-refractivity contribution in [3.8, 4) is 17.1 Å². The molecule has 0 N–H and O–H groups in total. The van der Waals surface area contributed by atoms with Gasteiger partial charge in [-0.15, -0.1) is 0 Å². The van der Waals surface area contributed by atoms with E-state index >= 15 is 0 Å². The molecule has 0 spiro atoms. The van der Waals surface area contributed by atoms with Gasteiger partial charge in [0.15, 0.2) is 0 Å². The van der Waals surface area contributed by atoms with Crippen LogP contribution in [0.4, 0.5) is 0 Å². The minimum absolute atomic E-state index is 0.0273. The third-order valence-corrected chi connectivity index (χ3v) is 5.28. The minimum atomic E-state index is -0.647. The third-order valence-electron chi connectivity index (χ3n) is 5.28. The summed E-state index contributed by atoms with van der Waals surface area (Å²) < 4.78 is 7.98. The Labute approximate surface area is 173 Å². The molecule has 0 aliphatic heterocycles. The van der Waals surface area contributed by atoms with Crippen LogP contribution in [0.15, 0.2) is 62.9 Å². The van der Waals surface area contributed by atoms with Crippen molar-refractivity contribution < 1.29 is 4.52 Å². The van der Waals surface area contributed by atoms with E-state index in [-0.39, 0.29) is 12.4 Å². The van der Waals surface area contributed by atoms with Crippen LogP contribution >= 0.6 is 0 Å². The molecule has 7 nitrogen and oxygen atoms in total. The average molecular weight is 402 g/mol. The monoisotopic (exact) mass is 402 g/mol. The van der Waals surface area contributed by atoms with Crippen molar-refractivity contribution in [3.63, 3.8) is 0 Å². The average Bonchev–Trinajstić information content (AvgIpc) is 3.17. The van der Waals surface area contributed by atoms with Crippen molar-refractivity contribution in [2.45, 2.75) is 34.2 Å². The molecule has 0 saturated carbocycles. The molecule has 7 heteroatoms. The van der Waals surface area contributed by atoms with E-state index in [1.807, 2.05) is 64.1 Å². The molecule has 0 amide bonds. The molecule has 30 heavy (non-hydrogen) atoms. The highest BCUT2D eigenvalue weighted by Crippen LogP contribution is 2.20. The van der Waals surface area contributed by atoms with Gasteiger partial charge in [-0.2, -0.15) is 4.98 Å². The highest BCUT2D eigenvalue weighted by molar-refractivity contribution is 5.56. The number of hydrogen-bond donors (Lipinski definition) is 0. The molecule has 152 valence electrons. The maximum absolute atomic E-state index is 12.7. The summed E-state index contributed by atoms with van der Waals surface area (Å²) in [6.07, 6.45) is 3.16. The molecule has 4 aromatic rings. The second kappa shape index (κ2) is 7.59. The first-order valence-electron chi connectivity index (χ1n) is 9.64. The van der Waals surface area contributed by atoms with Crippen LogP contribution in [0, 0.1) is 27.7 Å². The van der Waals surface area contributed by atoms with Crippen LogP contribution in [0.2, 0.25) is 0 Å². The SMILES string of the molecule is Cc1ccc(-c2noc(Cn3ccn(-c4c(C)cccc4C)c(=O)c3=O)n2)cc1C. The lowest BCUT2D eigenvalue weighted by Gasteiger charge is -2.12. The van der Waals surface area contributed by atoms with E-state index in [0.29, 0.717) is 5.82 Å². The fourth-order valence-corrected chi connectivity index (χ4v) is 3.46. The summed E-state index contributed by atoms with van der Waals surface area (Å²) in [7, 11) is 0. The molecule has 2 heterocycles. The predicted octanol–water partition coefficient (Wildman–Crippen LogP) is 3.33. The summed E-state index contributed by atoms with van der Waals surface area (Å²) in [5.74, 6) is 0.708. The molecule has 2 aromatic carbocycles. The molecule has 0 atom stereocenters. The van der Waals surface area contributed by atoms with Crippen LogP contribution in [0.3, 0.4) is 0 Å². The molecule has 0 aliphatic carbocycles. The van der Waals surface area contributed by atoms with Gasteiger partial charge in [0, 0.05) is 18.0 Å². The zero-order valence-corrected chi connectivity index (χ0v) is 17.3. The standard InChI is InChI=1S/C23H22N4O3/c1-14-8-9-18(12-17(14)4)21-24-19(30-25-21)13-26-10-11-27(23(29)22(26)28)20-15(2)6-5-7-16(20)3/h5-12H,13H2,1-4H3. The Bertz CT molecular complexity index is 1340. The van der Waals surface area contributed by atoms with Crippen molar-refractivity contribution in [2.75, 3.05) is 0 Å². The van der Waals surface area contributed by atoms with Gasteiger partial charge in [0.2, 0.25) is 11.7 Å². The topological polar surface area (TPSA) is 82.9 Å². The molecule has 0 aliphatic rings. The number of aryl methyl sites for hydroxylation is 4. The zero-order valence-electron chi connectivity index (χ0n) is 17.3. The lowest BCUT2D eigenvalue weighted by atomic mass is 10.1. The van der Waals surface area contributed by atoms with E-state index in [0.717, 1.165) is 27.9 Å².